The zero-order valence-electron chi connectivity index (χ0n) is 8.66. The first-order chi connectivity index (χ1) is 6.27. The van der Waals surface area contributed by atoms with E-state index in [0.717, 1.165) is 13.1 Å². The van der Waals surface area contributed by atoms with Gasteiger partial charge in [-0.25, -0.2) is 0 Å². The molecule has 1 atom stereocenters. The first-order valence-electron chi connectivity index (χ1n) is 4.80. The van der Waals surface area contributed by atoms with Crippen LogP contribution in [0.15, 0.2) is 24.4 Å². The predicted molar refractivity (Wildman–Crippen MR) is 62.7 cm³/mol. The summed E-state index contributed by atoms with van der Waals surface area (Å²) in [6.45, 7) is 4.35. The number of hydrogen-bond acceptors (Lipinski definition) is 1. The van der Waals surface area contributed by atoms with Crippen LogP contribution in [0.4, 0.5) is 0 Å². The molecule has 78 valence electrons. The Kier molecular flexibility index (Phi) is 3.78. The fourth-order valence-electron chi connectivity index (χ4n) is 1.87. The summed E-state index contributed by atoms with van der Waals surface area (Å²) in [5.74, 6) is 0.652. The zero-order chi connectivity index (χ0) is 9.26. The van der Waals surface area contributed by atoms with Crippen molar-refractivity contribution in [3.63, 3.8) is 0 Å². The van der Waals surface area contributed by atoms with Gasteiger partial charge in [-0.3, -0.25) is 0 Å². The van der Waals surface area contributed by atoms with Gasteiger partial charge in [-0.1, -0.05) is 13.0 Å². The summed E-state index contributed by atoms with van der Waals surface area (Å²) in [5, 5.41) is 3.42. The number of rotatable bonds is 1. The molecule has 1 aliphatic rings. The molecule has 0 aliphatic carbocycles. The number of halogens is 1. The van der Waals surface area contributed by atoms with Crippen molar-refractivity contribution in [3.8, 4) is 0 Å². The number of nitrogens with zero attached hydrogens (tertiary/aromatic N) is 1. The summed E-state index contributed by atoms with van der Waals surface area (Å²) in [5.41, 5.74) is 2.75. The lowest BCUT2D eigenvalue weighted by atomic mass is 10.0. The van der Waals surface area contributed by atoms with Gasteiger partial charge < -0.3 is 9.88 Å². The van der Waals surface area contributed by atoms with E-state index in [1.807, 2.05) is 0 Å². The van der Waals surface area contributed by atoms with Crippen molar-refractivity contribution in [2.75, 3.05) is 13.1 Å². The number of aryl methyl sites for hydroxylation is 1. The quantitative estimate of drug-likeness (QED) is 0.754. The summed E-state index contributed by atoms with van der Waals surface area (Å²) in [4.78, 5) is 0. The van der Waals surface area contributed by atoms with Crippen LogP contribution < -0.4 is 5.32 Å². The fraction of sp³-hybridized carbons (Fsp3) is 0.455. The lowest BCUT2D eigenvalue weighted by molar-refractivity contribution is 0.605. The molecule has 0 spiro atoms. The molecule has 1 unspecified atom stereocenters. The van der Waals surface area contributed by atoms with Crippen LogP contribution in [-0.4, -0.2) is 17.7 Å². The van der Waals surface area contributed by atoms with E-state index in [1.165, 1.54) is 11.3 Å². The van der Waals surface area contributed by atoms with Gasteiger partial charge in [-0.15, -0.1) is 12.4 Å². The molecule has 1 N–H and O–H groups in total. The minimum Gasteiger partial charge on any atom is -0.351 e. The van der Waals surface area contributed by atoms with Gasteiger partial charge in [-0.2, -0.15) is 0 Å². The highest BCUT2D eigenvalue weighted by molar-refractivity contribution is 5.85. The second kappa shape index (κ2) is 4.67. The van der Waals surface area contributed by atoms with Crippen LogP contribution in [-0.2, 0) is 7.05 Å². The molecule has 1 aliphatic heterocycles. The molecule has 1 aromatic rings. The lowest BCUT2D eigenvalue weighted by Gasteiger charge is -2.19. The van der Waals surface area contributed by atoms with Crippen LogP contribution in [0.1, 0.15) is 12.6 Å². The maximum Gasteiger partial charge on any atom is 0.0446 e. The third kappa shape index (κ3) is 2.20. The average molecular weight is 213 g/mol. The first-order valence-corrected chi connectivity index (χ1v) is 4.80. The van der Waals surface area contributed by atoms with Gasteiger partial charge in [0.1, 0.15) is 0 Å². The molecule has 0 bridgehead atoms. The van der Waals surface area contributed by atoms with E-state index >= 15 is 0 Å². The van der Waals surface area contributed by atoms with Crippen molar-refractivity contribution in [1.29, 1.82) is 0 Å². The molecule has 0 saturated heterocycles. The summed E-state index contributed by atoms with van der Waals surface area (Å²) in [6.07, 6.45) is 4.46. The van der Waals surface area contributed by atoms with Gasteiger partial charge in [0.2, 0.25) is 0 Å². The second-order valence-corrected chi connectivity index (χ2v) is 3.80. The summed E-state index contributed by atoms with van der Waals surface area (Å²) >= 11 is 0. The topological polar surface area (TPSA) is 17.0 Å². The summed E-state index contributed by atoms with van der Waals surface area (Å²) < 4.78 is 2.17. The van der Waals surface area contributed by atoms with Crippen LogP contribution in [0.3, 0.4) is 0 Å². The Balaban J connectivity index is 0.000000980. The molecule has 1 aromatic heterocycles. The van der Waals surface area contributed by atoms with Crippen molar-refractivity contribution >= 4 is 18.0 Å². The standard InChI is InChI=1S/C11H16N2.ClH/c1-9-6-10(8-12-7-9)11-4-3-5-13(11)2;/h3-6,9,12H,7-8H2,1-2H3;1H. The van der Waals surface area contributed by atoms with Crippen LogP contribution in [0.2, 0.25) is 0 Å². The third-order valence-corrected chi connectivity index (χ3v) is 2.54. The molecule has 2 heterocycles. The number of aromatic nitrogens is 1. The molecule has 2 rings (SSSR count). The maximum atomic E-state index is 3.42. The van der Waals surface area contributed by atoms with Crippen LogP contribution in [0.25, 0.3) is 5.57 Å². The second-order valence-electron chi connectivity index (χ2n) is 3.80. The van der Waals surface area contributed by atoms with E-state index in [9.17, 15) is 0 Å². The highest BCUT2D eigenvalue weighted by atomic mass is 35.5. The van der Waals surface area contributed by atoms with Gasteiger partial charge in [0.15, 0.2) is 0 Å². The Hall–Kier alpha value is -0.730. The van der Waals surface area contributed by atoms with Gasteiger partial charge >= 0.3 is 0 Å². The largest absolute Gasteiger partial charge is 0.351 e. The van der Waals surface area contributed by atoms with E-state index in [4.69, 9.17) is 0 Å². The van der Waals surface area contributed by atoms with Crippen molar-refractivity contribution in [2.45, 2.75) is 6.92 Å². The van der Waals surface area contributed by atoms with Crippen LogP contribution in [0.5, 0.6) is 0 Å². The fourth-order valence-corrected chi connectivity index (χ4v) is 1.87. The summed E-state index contributed by atoms with van der Waals surface area (Å²) in [6, 6.07) is 4.26. The molecular formula is C11H17ClN2. The van der Waals surface area contributed by atoms with Gasteiger partial charge in [-0.05, 0) is 23.6 Å². The molecule has 0 fully saturated rings. The molecular weight excluding hydrogens is 196 g/mol. The van der Waals surface area contributed by atoms with Gasteiger partial charge in [0.05, 0.1) is 0 Å². The minimum absolute atomic E-state index is 0. The van der Waals surface area contributed by atoms with Crippen LogP contribution >= 0.6 is 12.4 Å². The highest BCUT2D eigenvalue weighted by Crippen LogP contribution is 2.18. The summed E-state index contributed by atoms with van der Waals surface area (Å²) in [7, 11) is 2.09. The van der Waals surface area contributed by atoms with Crippen molar-refractivity contribution in [2.24, 2.45) is 13.0 Å². The van der Waals surface area contributed by atoms with E-state index in [1.54, 1.807) is 0 Å². The van der Waals surface area contributed by atoms with E-state index in [0.29, 0.717) is 5.92 Å². The third-order valence-electron chi connectivity index (χ3n) is 2.54. The van der Waals surface area contributed by atoms with Crippen molar-refractivity contribution in [3.05, 3.63) is 30.1 Å². The zero-order valence-corrected chi connectivity index (χ0v) is 9.47. The molecule has 0 amide bonds. The molecule has 0 saturated carbocycles. The van der Waals surface area contributed by atoms with Gasteiger partial charge in [0.25, 0.3) is 0 Å². The maximum absolute atomic E-state index is 3.42. The normalized spacial score (nSPS) is 21.3. The van der Waals surface area contributed by atoms with Crippen molar-refractivity contribution in [1.82, 2.24) is 9.88 Å². The molecule has 3 heteroatoms. The molecule has 0 aromatic carbocycles. The molecule has 2 nitrogen and oxygen atoms in total. The number of hydrogen-bond donors (Lipinski definition) is 1. The Morgan fingerprint density at radius 1 is 1.50 bits per heavy atom. The van der Waals surface area contributed by atoms with E-state index in [-0.39, 0.29) is 12.4 Å². The molecule has 14 heavy (non-hydrogen) atoms. The Bertz CT molecular complexity index is 328. The van der Waals surface area contributed by atoms with Crippen LogP contribution in [0, 0.1) is 5.92 Å². The van der Waals surface area contributed by atoms with E-state index < -0.39 is 0 Å². The monoisotopic (exact) mass is 212 g/mol. The Morgan fingerprint density at radius 2 is 2.29 bits per heavy atom. The SMILES string of the molecule is CC1C=C(c2cccn2C)CNC1.Cl. The first kappa shape index (κ1) is 11.3. The smallest absolute Gasteiger partial charge is 0.0446 e. The highest BCUT2D eigenvalue weighted by Gasteiger charge is 2.11. The Morgan fingerprint density at radius 3 is 2.86 bits per heavy atom. The number of nitrogens with one attached hydrogen (secondary N) is 1. The van der Waals surface area contributed by atoms with Crippen molar-refractivity contribution < 1.29 is 0 Å². The van der Waals surface area contributed by atoms with Gasteiger partial charge in [0, 0.05) is 32.0 Å². The molecule has 0 radical (unpaired) electrons. The minimum atomic E-state index is 0. The van der Waals surface area contributed by atoms with E-state index in [2.05, 4.69) is 48.3 Å². The lowest BCUT2D eigenvalue weighted by Crippen LogP contribution is -2.27. The Labute approximate surface area is 91.4 Å². The average Bonchev–Trinajstić information content (AvgIpc) is 2.51. The predicted octanol–water partition coefficient (Wildman–Crippen LogP) is 2.07.